The van der Waals surface area contributed by atoms with Crippen LogP contribution in [-0.2, 0) is 4.79 Å². The third-order valence-electron chi connectivity index (χ3n) is 1.26. The average molecular weight is 224 g/mol. The van der Waals surface area contributed by atoms with Crippen LogP contribution in [0.1, 0.15) is 13.8 Å². The lowest BCUT2D eigenvalue weighted by atomic mass is 10.4. The number of nitrogens with one attached hydrogen (secondary N) is 1. The zero-order valence-electron chi connectivity index (χ0n) is 9.86. The molecule has 0 aliphatic carbocycles. The second kappa shape index (κ2) is 11.2. The lowest BCUT2D eigenvalue weighted by Crippen LogP contribution is -2.30. The van der Waals surface area contributed by atoms with Crippen LogP contribution in [0.4, 0.5) is 0 Å². The third kappa shape index (κ3) is 7.52. The molecule has 0 heterocycles. The second-order valence-corrected chi connectivity index (χ2v) is 2.27. The first-order valence-electron chi connectivity index (χ1n) is 4.92. The van der Waals surface area contributed by atoms with Gasteiger partial charge in [0.05, 0.1) is 12.2 Å². The molecule has 0 aliphatic heterocycles. The maximum atomic E-state index is 10.9. The highest BCUT2D eigenvalue weighted by Gasteiger charge is 2.02. The van der Waals surface area contributed by atoms with E-state index in [1.807, 2.05) is 13.8 Å². The molecule has 0 radical (unpaired) electrons. The predicted octanol–water partition coefficient (Wildman–Crippen LogP) is 0.658. The molecule has 1 amide bonds. The molecule has 0 atom stereocenters. The Bertz CT molecular complexity index is 292. The summed E-state index contributed by atoms with van der Waals surface area (Å²) < 4.78 is 0. The first-order chi connectivity index (χ1) is 7.65. The van der Waals surface area contributed by atoms with Crippen molar-refractivity contribution in [2.45, 2.75) is 13.8 Å². The molecule has 0 fully saturated rings. The van der Waals surface area contributed by atoms with E-state index in [9.17, 15) is 4.79 Å². The molecule has 0 spiro atoms. The molecule has 0 bridgehead atoms. The zero-order chi connectivity index (χ0) is 13.0. The largest absolute Gasteiger partial charge is 0.382 e. The molecule has 5 N–H and O–H groups in total. The molecular formula is C11H20N4O. The summed E-state index contributed by atoms with van der Waals surface area (Å²) in [5, 5.41) is 2.45. The molecule has 5 nitrogen and oxygen atoms in total. The lowest BCUT2D eigenvalue weighted by Gasteiger charge is -2.05. The van der Waals surface area contributed by atoms with Crippen molar-refractivity contribution in [1.82, 2.24) is 5.32 Å². The molecule has 0 saturated heterocycles. The van der Waals surface area contributed by atoms with Gasteiger partial charge in [0.1, 0.15) is 5.82 Å². The molecule has 16 heavy (non-hydrogen) atoms. The van der Waals surface area contributed by atoms with Gasteiger partial charge in [0.15, 0.2) is 0 Å². The number of nitrogens with zero attached hydrogens (tertiary/aromatic N) is 1. The summed E-state index contributed by atoms with van der Waals surface area (Å²) in [7, 11) is 0. The van der Waals surface area contributed by atoms with Crippen LogP contribution in [0.25, 0.3) is 0 Å². The summed E-state index contributed by atoms with van der Waals surface area (Å²) in [6.07, 6.45) is 4.27. The predicted molar refractivity (Wildman–Crippen MR) is 68.6 cm³/mol. The Morgan fingerprint density at radius 3 is 2.38 bits per heavy atom. The lowest BCUT2D eigenvalue weighted by molar-refractivity contribution is -0.118. The fourth-order valence-electron chi connectivity index (χ4n) is 0.623. The SMILES string of the molecule is C=C/C=N\C(N)=C(/C=C)NC(=O)CN.CC. The van der Waals surface area contributed by atoms with Crippen LogP contribution < -0.4 is 16.8 Å². The van der Waals surface area contributed by atoms with E-state index < -0.39 is 0 Å². The van der Waals surface area contributed by atoms with Crippen molar-refractivity contribution in [3.63, 3.8) is 0 Å². The topological polar surface area (TPSA) is 93.5 Å². The van der Waals surface area contributed by atoms with E-state index >= 15 is 0 Å². The van der Waals surface area contributed by atoms with Gasteiger partial charge in [0, 0.05) is 6.21 Å². The first-order valence-corrected chi connectivity index (χ1v) is 4.92. The number of allylic oxidation sites excluding steroid dienone is 2. The second-order valence-electron chi connectivity index (χ2n) is 2.27. The summed E-state index contributed by atoms with van der Waals surface area (Å²) >= 11 is 0. The fraction of sp³-hybridized carbons (Fsp3) is 0.273. The highest BCUT2D eigenvalue weighted by molar-refractivity contribution is 5.80. The number of carbonyl (C=O) groups is 1. The van der Waals surface area contributed by atoms with Gasteiger partial charge in [-0.25, -0.2) is 4.99 Å². The third-order valence-corrected chi connectivity index (χ3v) is 1.26. The monoisotopic (exact) mass is 224 g/mol. The fourth-order valence-corrected chi connectivity index (χ4v) is 0.623. The summed E-state index contributed by atoms with van der Waals surface area (Å²) in [5.74, 6) is -0.196. The first kappa shape index (κ1) is 16.5. The highest BCUT2D eigenvalue weighted by atomic mass is 16.1. The van der Waals surface area contributed by atoms with Crippen LogP contribution in [0.5, 0.6) is 0 Å². The van der Waals surface area contributed by atoms with Gasteiger partial charge in [0.25, 0.3) is 0 Å². The summed E-state index contributed by atoms with van der Waals surface area (Å²) in [6, 6.07) is 0. The average Bonchev–Trinajstić information content (AvgIpc) is 2.34. The molecule has 0 unspecified atom stereocenters. The summed E-state index contributed by atoms with van der Waals surface area (Å²) in [5.41, 5.74) is 11.0. The van der Waals surface area contributed by atoms with E-state index in [4.69, 9.17) is 11.5 Å². The number of rotatable bonds is 5. The van der Waals surface area contributed by atoms with Gasteiger partial charge in [-0.15, -0.1) is 0 Å². The molecule has 0 saturated carbocycles. The summed E-state index contributed by atoms with van der Waals surface area (Å²) in [6.45, 7) is 10.8. The van der Waals surface area contributed by atoms with Crippen LogP contribution in [0.2, 0.25) is 0 Å². The number of hydrogen-bond acceptors (Lipinski definition) is 4. The smallest absolute Gasteiger partial charge is 0.238 e. The number of amides is 1. The Morgan fingerprint density at radius 1 is 1.44 bits per heavy atom. The number of hydrogen-bond donors (Lipinski definition) is 3. The molecule has 0 aromatic rings. The Labute approximate surface area is 96.6 Å². The normalized spacial score (nSPS) is 10.9. The van der Waals surface area contributed by atoms with Crippen molar-refractivity contribution in [2.75, 3.05) is 6.54 Å². The maximum Gasteiger partial charge on any atom is 0.238 e. The van der Waals surface area contributed by atoms with Crippen LogP contribution in [0.3, 0.4) is 0 Å². The number of carbonyl (C=O) groups excluding carboxylic acids is 1. The van der Waals surface area contributed by atoms with Gasteiger partial charge in [-0.2, -0.15) is 0 Å². The van der Waals surface area contributed by atoms with Crippen LogP contribution >= 0.6 is 0 Å². The minimum atomic E-state index is -0.350. The molecule has 0 rings (SSSR count). The van der Waals surface area contributed by atoms with Crippen molar-refractivity contribution >= 4 is 12.1 Å². The quantitative estimate of drug-likeness (QED) is 0.473. The maximum absolute atomic E-state index is 10.9. The van der Waals surface area contributed by atoms with E-state index in [-0.39, 0.29) is 18.3 Å². The van der Waals surface area contributed by atoms with E-state index in [1.165, 1.54) is 18.4 Å². The number of nitrogens with two attached hydrogens (primary N) is 2. The van der Waals surface area contributed by atoms with Gasteiger partial charge in [-0.1, -0.05) is 33.1 Å². The standard InChI is InChI=1S/C9H14N4O.C2H6/c1-3-5-12-9(11)7(4-2)13-8(14)6-10;1-2/h3-5H,1-2,6,10-11H2,(H,13,14);1-2H3/b9-7+,12-5-;. The van der Waals surface area contributed by atoms with Crippen molar-refractivity contribution < 1.29 is 4.79 Å². The van der Waals surface area contributed by atoms with Crippen molar-refractivity contribution in [1.29, 1.82) is 0 Å². The number of aliphatic imine (C=N–C) groups is 1. The van der Waals surface area contributed by atoms with Crippen LogP contribution in [-0.4, -0.2) is 18.7 Å². The van der Waals surface area contributed by atoms with Crippen LogP contribution in [0.15, 0.2) is 41.8 Å². The Kier molecular flexibility index (Phi) is 11.6. The molecule has 0 aromatic heterocycles. The molecule has 5 heteroatoms. The molecular weight excluding hydrogens is 204 g/mol. The van der Waals surface area contributed by atoms with Gasteiger partial charge in [0.2, 0.25) is 5.91 Å². The highest BCUT2D eigenvalue weighted by Crippen LogP contribution is 1.96. The van der Waals surface area contributed by atoms with E-state index in [2.05, 4.69) is 23.5 Å². The van der Waals surface area contributed by atoms with Gasteiger partial charge in [-0.05, 0) is 6.08 Å². The van der Waals surface area contributed by atoms with Crippen molar-refractivity contribution in [3.05, 3.63) is 36.8 Å². The van der Waals surface area contributed by atoms with Gasteiger partial charge >= 0.3 is 0 Å². The van der Waals surface area contributed by atoms with Gasteiger partial charge < -0.3 is 16.8 Å². The molecule has 0 aliphatic rings. The van der Waals surface area contributed by atoms with Crippen molar-refractivity contribution in [3.8, 4) is 0 Å². The molecule has 0 aromatic carbocycles. The molecule has 90 valence electrons. The van der Waals surface area contributed by atoms with Crippen LogP contribution in [0, 0.1) is 0 Å². The van der Waals surface area contributed by atoms with E-state index in [1.54, 1.807) is 0 Å². The van der Waals surface area contributed by atoms with Gasteiger partial charge in [-0.3, -0.25) is 4.79 Å². The minimum absolute atomic E-state index is 0.115. The Balaban J connectivity index is 0. The minimum Gasteiger partial charge on any atom is -0.382 e. The Hall–Kier alpha value is -1.88. The van der Waals surface area contributed by atoms with Crippen molar-refractivity contribution in [2.24, 2.45) is 16.5 Å². The Morgan fingerprint density at radius 2 is 2.00 bits per heavy atom. The van der Waals surface area contributed by atoms with E-state index in [0.29, 0.717) is 5.70 Å². The zero-order valence-corrected chi connectivity index (χ0v) is 9.86. The summed E-state index contributed by atoms with van der Waals surface area (Å²) in [4.78, 5) is 14.7. The van der Waals surface area contributed by atoms with E-state index in [0.717, 1.165) is 0 Å².